The lowest BCUT2D eigenvalue weighted by Crippen LogP contribution is -2.13. The van der Waals surface area contributed by atoms with Gasteiger partial charge in [0.25, 0.3) is 5.91 Å². The number of aromatic nitrogens is 2. The van der Waals surface area contributed by atoms with Crippen molar-refractivity contribution in [2.45, 2.75) is 4.90 Å². The maximum Gasteiger partial charge on any atom is 0.322 e. The summed E-state index contributed by atoms with van der Waals surface area (Å²) in [4.78, 5) is 12.7. The lowest BCUT2D eigenvalue weighted by Gasteiger charge is -2.09. The van der Waals surface area contributed by atoms with Crippen LogP contribution in [0, 0.1) is 0 Å². The molecular formula is C18H17N3O6S. The van der Waals surface area contributed by atoms with Gasteiger partial charge in [0.05, 0.1) is 24.7 Å². The molecule has 1 aromatic heterocycles. The first-order valence-electron chi connectivity index (χ1n) is 7.99. The molecule has 3 rings (SSSR count). The molecule has 1 heterocycles. The number of rotatable bonds is 6. The maximum atomic E-state index is 12.5. The van der Waals surface area contributed by atoms with E-state index >= 15 is 0 Å². The van der Waals surface area contributed by atoms with Gasteiger partial charge in [0.15, 0.2) is 9.84 Å². The van der Waals surface area contributed by atoms with E-state index in [0.29, 0.717) is 17.1 Å². The Balaban J connectivity index is 1.80. The summed E-state index contributed by atoms with van der Waals surface area (Å²) in [5.41, 5.74) is 0.749. The molecule has 10 heteroatoms. The van der Waals surface area contributed by atoms with Gasteiger partial charge in [-0.15, -0.1) is 5.10 Å². The Bertz CT molecular complexity index is 1110. The third-order valence-electron chi connectivity index (χ3n) is 3.83. The van der Waals surface area contributed by atoms with E-state index in [1.165, 1.54) is 32.4 Å². The molecule has 0 fully saturated rings. The molecule has 0 bridgehead atoms. The van der Waals surface area contributed by atoms with Crippen molar-refractivity contribution >= 4 is 21.8 Å². The average Bonchev–Trinajstić information content (AvgIpc) is 3.15. The van der Waals surface area contributed by atoms with Crippen LogP contribution in [0.4, 0.5) is 6.01 Å². The van der Waals surface area contributed by atoms with E-state index in [-0.39, 0.29) is 22.4 Å². The second-order valence-corrected chi connectivity index (χ2v) is 7.74. The van der Waals surface area contributed by atoms with Gasteiger partial charge < -0.3 is 13.9 Å². The van der Waals surface area contributed by atoms with Gasteiger partial charge in [-0.3, -0.25) is 10.1 Å². The number of hydrogen-bond acceptors (Lipinski definition) is 8. The van der Waals surface area contributed by atoms with Gasteiger partial charge in [0, 0.05) is 11.8 Å². The number of ether oxygens (including phenoxy) is 2. The van der Waals surface area contributed by atoms with Gasteiger partial charge in [0.1, 0.15) is 11.5 Å². The second-order valence-electron chi connectivity index (χ2n) is 5.73. The summed E-state index contributed by atoms with van der Waals surface area (Å²) < 4.78 is 38.8. The van der Waals surface area contributed by atoms with Crippen LogP contribution in [0.3, 0.4) is 0 Å². The summed E-state index contributed by atoms with van der Waals surface area (Å²) in [6.07, 6.45) is 1.12. The Morgan fingerprint density at radius 2 is 1.75 bits per heavy atom. The summed E-state index contributed by atoms with van der Waals surface area (Å²) in [6.45, 7) is 0. The summed E-state index contributed by atoms with van der Waals surface area (Å²) in [7, 11) is -0.364. The Hall–Kier alpha value is -3.40. The van der Waals surface area contributed by atoms with Crippen molar-refractivity contribution in [1.82, 2.24) is 10.2 Å². The van der Waals surface area contributed by atoms with Gasteiger partial charge >= 0.3 is 6.01 Å². The van der Waals surface area contributed by atoms with Crippen molar-refractivity contribution in [2.75, 3.05) is 25.8 Å². The molecule has 9 nitrogen and oxygen atoms in total. The minimum atomic E-state index is -3.30. The molecule has 1 amide bonds. The molecule has 0 aliphatic rings. The first-order valence-corrected chi connectivity index (χ1v) is 9.88. The lowest BCUT2D eigenvalue weighted by atomic mass is 10.1. The van der Waals surface area contributed by atoms with Crippen molar-refractivity contribution < 1.29 is 27.1 Å². The van der Waals surface area contributed by atoms with E-state index in [9.17, 15) is 13.2 Å². The number of hydrogen-bond donors (Lipinski definition) is 1. The molecule has 28 heavy (non-hydrogen) atoms. The highest BCUT2D eigenvalue weighted by Crippen LogP contribution is 2.26. The summed E-state index contributed by atoms with van der Waals surface area (Å²) in [5, 5.41) is 10.2. The predicted octanol–water partition coefficient (Wildman–Crippen LogP) is 2.41. The topological polar surface area (TPSA) is 121 Å². The van der Waals surface area contributed by atoms with Crippen molar-refractivity contribution in [3.8, 4) is 23.0 Å². The summed E-state index contributed by atoms with van der Waals surface area (Å²) in [6, 6.07) is 10.6. The zero-order valence-electron chi connectivity index (χ0n) is 15.3. The Labute approximate surface area is 161 Å². The van der Waals surface area contributed by atoms with Crippen molar-refractivity contribution in [3.05, 3.63) is 48.0 Å². The van der Waals surface area contributed by atoms with Crippen LogP contribution in [-0.4, -0.2) is 45.0 Å². The normalized spacial score (nSPS) is 11.1. The molecule has 0 aliphatic carbocycles. The summed E-state index contributed by atoms with van der Waals surface area (Å²) in [5.74, 6) is 0.462. The van der Waals surface area contributed by atoms with Crippen molar-refractivity contribution in [1.29, 1.82) is 0 Å². The molecule has 0 unspecified atom stereocenters. The number of amides is 1. The zero-order chi connectivity index (χ0) is 20.3. The first kappa shape index (κ1) is 19.4. The van der Waals surface area contributed by atoms with E-state index in [1.54, 1.807) is 24.3 Å². The third kappa shape index (κ3) is 4.12. The van der Waals surface area contributed by atoms with Gasteiger partial charge in [-0.05, 0) is 42.5 Å². The lowest BCUT2D eigenvalue weighted by molar-refractivity contribution is 0.102. The van der Waals surface area contributed by atoms with Crippen LogP contribution in [0.1, 0.15) is 10.4 Å². The monoisotopic (exact) mass is 403 g/mol. The maximum absolute atomic E-state index is 12.5. The van der Waals surface area contributed by atoms with Crippen LogP contribution in [0.2, 0.25) is 0 Å². The molecule has 0 spiro atoms. The van der Waals surface area contributed by atoms with E-state index in [1.807, 2.05) is 0 Å². The van der Waals surface area contributed by atoms with E-state index < -0.39 is 15.7 Å². The van der Waals surface area contributed by atoms with Crippen LogP contribution >= 0.6 is 0 Å². The number of sulfone groups is 1. The van der Waals surface area contributed by atoms with E-state index in [2.05, 4.69) is 15.5 Å². The summed E-state index contributed by atoms with van der Waals surface area (Å²) >= 11 is 0. The zero-order valence-corrected chi connectivity index (χ0v) is 16.1. The third-order valence-corrected chi connectivity index (χ3v) is 4.95. The molecular weight excluding hydrogens is 386 g/mol. The van der Waals surface area contributed by atoms with Crippen LogP contribution < -0.4 is 14.8 Å². The van der Waals surface area contributed by atoms with Crippen molar-refractivity contribution in [3.63, 3.8) is 0 Å². The van der Waals surface area contributed by atoms with Gasteiger partial charge in [-0.25, -0.2) is 8.42 Å². The Morgan fingerprint density at radius 1 is 1.04 bits per heavy atom. The molecule has 3 aromatic rings. The quantitative estimate of drug-likeness (QED) is 0.666. The smallest absolute Gasteiger partial charge is 0.322 e. The minimum absolute atomic E-state index is 0.114. The molecule has 0 atom stereocenters. The van der Waals surface area contributed by atoms with Crippen LogP contribution in [0.5, 0.6) is 11.5 Å². The second kappa shape index (κ2) is 7.69. The molecule has 1 N–H and O–H groups in total. The van der Waals surface area contributed by atoms with Crippen LogP contribution in [0.15, 0.2) is 51.8 Å². The molecule has 146 valence electrons. The molecule has 0 saturated heterocycles. The first-order chi connectivity index (χ1) is 13.3. The van der Waals surface area contributed by atoms with Crippen LogP contribution in [0.25, 0.3) is 11.5 Å². The number of carbonyl (C=O) groups is 1. The molecule has 0 saturated carbocycles. The molecule has 2 aromatic carbocycles. The molecule has 0 radical (unpaired) electrons. The largest absolute Gasteiger partial charge is 0.497 e. The van der Waals surface area contributed by atoms with Gasteiger partial charge in [-0.1, -0.05) is 5.10 Å². The van der Waals surface area contributed by atoms with E-state index in [0.717, 1.165) is 6.26 Å². The fourth-order valence-corrected chi connectivity index (χ4v) is 3.02. The average molecular weight is 403 g/mol. The van der Waals surface area contributed by atoms with Gasteiger partial charge in [-0.2, -0.15) is 0 Å². The minimum Gasteiger partial charge on any atom is -0.497 e. The van der Waals surface area contributed by atoms with Crippen LogP contribution in [-0.2, 0) is 9.84 Å². The number of benzene rings is 2. The number of anilines is 1. The predicted molar refractivity (Wildman–Crippen MR) is 100 cm³/mol. The van der Waals surface area contributed by atoms with E-state index in [4.69, 9.17) is 13.9 Å². The number of carbonyl (C=O) groups excluding carboxylic acids is 1. The number of methoxy groups -OCH3 is 2. The fourth-order valence-electron chi connectivity index (χ4n) is 2.39. The fraction of sp³-hybridized carbons (Fsp3) is 0.167. The Morgan fingerprint density at radius 3 is 2.36 bits per heavy atom. The number of nitrogens with one attached hydrogen (secondary N) is 1. The highest BCUT2D eigenvalue weighted by molar-refractivity contribution is 7.90. The van der Waals surface area contributed by atoms with Gasteiger partial charge in [0.2, 0.25) is 5.89 Å². The van der Waals surface area contributed by atoms with Crippen molar-refractivity contribution in [2.24, 2.45) is 0 Å². The Kier molecular flexibility index (Phi) is 5.32. The highest BCUT2D eigenvalue weighted by atomic mass is 32.2. The standard InChI is InChI=1S/C18H17N3O6S/c1-25-12-6-9-15(26-2)14(10-12)16(22)19-18-21-20-17(27-18)11-4-7-13(8-5-11)28(3,23)24/h4-10H,1-3H3,(H,19,21,22). The SMILES string of the molecule is COc1ccc(OC)c(C(=O)Nc2nnc(-c3ccc(S(C)(=O)=O)cc3)o2)c1. The molecule has 0 aliphatic heterocycles. The highest BCUT2D eigenvalue weighted by Gasteiger charge is 2.17. The number of nitrogens with zero attached hydrogens (tertiary/aromatic N) is 2.